The Balaban J connectivity index is 2.77. The van der Waals surface area contributed by atoms with Gasteiger partial charge in [-0.2, -0.15) is 0 Å². The standard InChI is InChI=1S/C9H11BrN2OS2/c1-2-12(4-8(11)14)9(13)6-3-7(10)15-5-6/h3,5H,2,4H2,1H3,(H2,11,14). The molecule has 0 bridgehead atoms. The van der Waals surface area contributed by atoms with Gasteiger partial charge in [-0.1, -0.05) is 12.2 Å². The first-order valence-electron chi connectivity index (χ1n) is 4.36. The van der Waals surface area contributed by atoms with Gasteiger partial charge >= 0.3 is 0 Å². The second kappa shape index (κ2) is 5.58. The van der Waals surface area contributed by atoms with Gasteiger partial charge in [0.05, 0.1) is 20.9 Å². The van der Waals surface area contributed by atoms with Crippen LogP contribution in [0.4, 0.5) is 0 Å². The van der Waals surface area contributed by atoms with Crippen molar-refractivity contribution in [2.45, 2.75) is 6.92 Å². The molecule has 0 aliphatic carbocycles. The number of hydrogen-bond acceptors (Lipinski definition) is 3. The number of thiocarbonyl (C=S) groups is 1. The summed E-state index contributed by atoms with van der Waals surface area (Å²) in [6.07, 6.45) is 0. The summed E-state index contributed by atoms with van der Waals surface area (Å²) in [5.74, 6) is -0.0350. The van der Waals surface area contributed by atoms with E-state index >= 15 is 0 Å². The van der Waals surface area contributed by atoms with E-state index in [1.807, 2.05) is 12.3 Å². The summed E-state index contributed by atoms with van der Waals surface area (Å²) in [5, 5.41) is 1.81. The Kier molecular flexibility index (Phi) is 4.69. The third kappa shape index (κ3) is 3.55. The molecule has 0 saturated heterocycles. The van der Waals surface area contributed by atoms with Crippen LogP contribution in [0.25, 0.3) is 0 Å². The van der Waals surface area contributed by atoms with Gasteiger partial charge in [0, 0.05) is 11.9 Å². The molecule has 0 unspecified atom stereocenters. The summed E-state index contributed by atoms with van der Waals surface area (Å²) < 4.78 is 0.942. The van der Waals surface area contributed by atoms with Gasteiger partial charge in [0.15, 0.2) is 0 Å². The second-order valence-electron chi connectivity index (χ2n) is 2.93. The number of carbonyl (C=O) groups is 1. The first-order chi connectivity index (χ1) is 7.04. The van der Waals surface area contributed by atoms with Gasteiger partial charge in [-0.05, 0) is 28.9 Å². The third-order valence-electron chi connectivity index (χ3n) is 1.83. The number of likely N-dealkylation sites (N-methyl/N-ethyl adjacent to an activating group) is 1. The lowest BCUT2D eigenvalue weighted by atomic mass is 10.3. The SMILES string of the molecule is CCN(CC(N)=S)C(=O)c1csc(Br)c1. The average molecular weight is 307 g/mol. The average Bonchev–Trinajstić information content (AvgIpc) is 2.60. The van der Waals surface area contributed by atoms with E-state index in [1.54, 1.807) is 11.0 Å². The first kappa shape index (κ1) is 12.6. The van der Waals surface area contributed by atoms with E-state index in [2.05, 4.69) is 15.9 Å². The van der Waals surface area contributed by atoms with Crippen LogP contribution in [0.15, 0.2) is 15.2 Å². The Labute approximate surface area is 106 Å². The van der Waals surface area contributed by atoms with Crippen LogP contribution in [-0.4, -0.2) is 28.9 Å². The van der Waals surface area contributed by atoms with Crippen LogP contribution in [0.2, 0.25) is 0 Å². The zero-order chi connectivity index (χ0) is 11.4. The fourth-order valence-electron chi connectivity index (χ4n) is 1.12. The molecule has 1 aromatic heterocycles. The lowest BCUT2D eigenvalue weighted by Gasteiger charge is -2.19. The number of rotatable bonds is 4. The van der Waals surface area contributed by atoms with Crippen molar-refractivity contribution in [1.82, 2.24) is 4.90 Å². The Morgan fingerprint density at radius 1 is 1.73 bits per heavy atom. The predicted octanol–water partition coefficient (Wildman–Crippen LogP) is 2.26. The van der Waals surface area contributed by atoms with Gasteiger partial charge < -0.3 is 10.6 Å². The largest absolute Gasteiger partial charge is 0.392 e. The van der Waals surface area contributed by atoms with E-state index in [9.17, 15) is 4.79 Å². The summed E-state index contributed by atoms with van der Waals surface area (Å²) in [7, 11) is 0. The van der Waals surface area contributed by atoms with Crippen molar-refractivity contribution in [3.63, 3.8) is 0 Å². The molecule has 0 aliphatic heterocycles. The summed E-state index contributed by atoms with van der Waals surface area (Å²) >= 11 is 9.59. The topological polar surface area (TPSA) is 46.3 Å². The molecule has 0 saturated carbocycles. The molecule has 2 N–H and O–H groups in total. The van der Waals surface area contributed by atoms with Crippen LogP contribution in [0, 0.1) is 0 Å². The summed E-state index contributed by atoms with van der Waals surface area (Å²) in [6.45, 7) is 2.83. The summed E-state index contributed by atoms with van der Waals surface area (Å²) in [6, 6.07) is 1.80. The molecule has 82 valence electrons. The van der Waals surface area contributed by atoms with Gasteiger partial charge in [-0.25, -0.2) is 0 Å². The Hall–Kier alpha value is -0.460. The monoisotopic (exact) mass is 306 g/mol. The number of halogens is 1. The molecular formula is C9H11BrN2OS2. The highest BCUT2D eigenvalue weighted by Crippen LogP contribution is 2.21. The van der Waals surface area contributed by atoms with E-state index in [1.165, 1.54) is 11.3 Å². The number of thiophene rings is 1. The van der Waals surface area contributed by atoms with Crippen molar-refractivity contribution in [2.75, 3.05) is 13.1 Å². The normalized spacial score (nSPS) is 10.0. The number of carbonyl (C=O) groups excluding carboxylic acids is 1. The van der Waals surface area contributed by atoms with Crippen LogP contribution in [0.3, 0.4) is 0 Å². The predicted molar refractivity (Wildman–Crippen MR) is 70.4 cm³/mol. The number of nitrogens with zero attached hydrogens (tertiary/aromatic N) is 1. The highest BCUT2D eigenvalue weighted by molar-refractivity contribution is 9.11. The van der Waals surface area contributed by atoms with Gasteiger partial charge in [-0.15, -0.1) is 11.3 Å². The Morgan fingerprint density at radius 3 is 2.80 bits per heavy atom. The highest BCUT2D eigenvalue weighted by Gasteiger charge is 2.15. The molecule has 0 spiro atoms. The van der Waals surface area contributed by atoms with Gasteiger partial charge in [0.25, 0.3) is 5.91 Å². The molecule has 0 radical (unpaired) electrons. The molecule has 0 aromatic carbocycles. The summed E-state index contributed by atoms with van der Waals surface area (Å²) in [5.41, 5.74) is 6.09. The molecule has 1 aromatic rings. The molecule has 0 atom stereocenters. The quantitative estimate of drug-likeness (QED) is 0.868. The minimum absolute atomic E-state index is 0.0350. The van der Waals surface area contributed by atoms with Gasteiger partial charge in [0.1, 0.15) is 0 Å². The van der Waals surface area contributed by atoms with Crippen LogP contribution in [0.5, 0.6) is 0 Å². The maximum atomic E-state index is 11.9. The van der Waals surface area contributed by atoms with E-state index < -0.39 is 0 Å². The number of nitrogens with two attached hydrogens (primary N) is 1. The van der Waals surface area contributed by atoms with Crippen LogP contribution < -0.4 is 5.73 Å². The molecule has 0 fully saturated rings. The van der Waals surface area contributed by atoms with Crippen LogP contribution in [-0.2, 0) is 0 Å². The molecule has 0 aliphatic rings. The lowest BCUT2D eigenvalue weighted by molar-refractivity contribution is 0.0788. The highest BCUT2D eigenvalue weighted by atomic mass is 79.9. The first-order valence-corrected chi connectivity index (χ1v) is 6.44. The fraction of sp³-hybridized carbons (Fsp3) is 0.333. The zero-order valence-electron chi connectivity index (χ0n) is 8.20. The summed E-state index contributed by atoms with van der Waals surface area (Å²) in [4.78, 5) is 13.9. The minimum atomic E-state index is -0.0350. The minimum Gasteiger partial charge on any atom is -0.392 e. The van der Waals surface area contributed by atoms with Crippen LogP contribution in [0.1, 0.15) is 17.3 Å². The van der Waals surface area contributed by atoms with Gasteiger partial charge in [-0.3, -0.25) is 4.79 Å². The second-order valence-corrected chi connectivity index (χ2v) is 5.74. The van der Waals surface area contributed by atoms with Crippen molar-refractivity contribution in [3.05, 3.63) is 20.8 Å². The molecule has 1 heterocycles. The van der Waals surface area contributed by atoms with Crippen molar-refractivity contribution in [3.8, 4) is 0 Å². The van der Waals surface area contributed by atoms with E-state index in [-0.39, 0.29) is 5.91 Å². The smallest absolute Gasteiger partial charge is 0.255 e. The Bertz CT molecular complexity index is 378. The lowest BCUT2D eigenvalue weighted by Crippen LogP contribution is -2.37. The maximum absolute atomic E-state index is 11.9. The van der Waals surface area contributed by atoms with E-state index in [0.717, 1.165) is 3.79 Å². The molecule has 15 heavy (non-hydrogen) atoms. The van der Waals surface area contributed by atoms with E-state index in [0.29, 0.717) is 23.6 Å². The zero-order valence-corrected chi connectivity index (χ0v) is 11.4. The Morgan fingerprint density at radius 2 is 2.40 bits per heavy atom. The molecule has 1 amide bonds. The molecule has 3 nitrogen and oxygen atoms in total. The molecular weight excluding hydrogens is 296 g/mol. The third-order valence-corrected chi connectivity index (χ3v) is 3.46. The number of amides is 1. The van der Waals surface area contributed by atoms with Crippen molar-refractivity contribution in [2.24, 2.45) is 5.73 Å². The number of hydrogen-bond donors (Lipinski definition) is 1. The van der Waals surface area contributed by atoms with Crippen molar-refractivity contribution >= 4 is 50.4 Å². The molecule has 1 rings (SSSR count). The van der Waals surface area contributed by atoms with Gasteiger partial charge in [0.2, 0.25) is 0 Å². The van der Waals surface area contributed by atoms with Crippen molar-refractivity contribution < 1.29 is 4.79 Å². The maximum Gasteiger partial charge on any atom is 0.255 e. The molecule has 6 heteroatoms. The van der Waals surface area contributed by atoms with E-state index in [4.69, 9.17) is 18.0 Å². The van der Waals surface area contributed by atoms with Crippen molar-refractivity contribution in [1.29, 1.82) is 0 Å². The van der Waals surface area contributed by atoms with Crippen LogP contribution >= 0.6 is 39.5 Å². The fourth-order valence-corrected chi connectivity index (χ4v) is 2.41.